The highest BCUT2D eigenvalue weighted by Crippen LogP contribution is 2.28. The molecule has 1 saturated carbocycles. The Bertz CT molecular complexity index is 346. The van der Waals surface area contributed by atoms with E-state index in [2.05, 4.69) is 10.6 Å². The fraction of sp³-hybridized carbons (Fsp3) is 0.846. The van der Waals surface area contributed by atoms with Gasteiger partial charge in [0.05, 0.1) is 6.10 Å². The van der Waals surface area contributed by atoms with Crippen LogP contribution in [0.1, 0.15) is 39.5 Å². The third kappa shape index (κ3) is 2.66. The molecule has 1 atom stereocenters. The normalized spacial score (nSPS) is 35.1. The molecule has 0 aromatic heterocycles. The van der Waals surface area contributed by atoms with E-state index < -0.39 is 6.04 Å². The van der Waals surface area contributed by atoms with Gasteiger partial charge in [0.15, 0.2) is 0 Å². The third-order valence-electron chi connectivity index (χ3n) is 4.12. The molecule has 1 heterocycles. The first-order chi connectivity index (χ1) is 8.40. The minimum atomic E-state index is -0.433. The lowest BCUT2D eigenvalue weighted by molar-refractivity contribution is -0.132. The van der Waals surface area contributed by atoms with Crippen LogP contribution in [0.3, 0.4) is 0 Å². The number of rotatable bonds is 2. The summed E-state index contributed by atoms with van der Waals surface area (Å²) in [5.41, 5.74) is -0.235. The monoisotopic (exact) mass is 254 g/mol. The number of aliphatic hydroxyl groups excluding tert-OH is 1. The molecule has 2 fully saturated rings. The van der Waals surface area contributed by atoms with Gasteiger partial charge in [0.25, 0.3) is 0 Å². The van der Waals surface area contributed by atoms with Crippen molar-refractivity contribution in [3.05, 3.63) is 0 Å². The zero-order valence-electron chi connectivity index (χ0n) is 11.0. The topological polar surface area (TPSA) is 78.4 Å². The van der Waals surface area contributed by atoms with E-state index in [0.717, 1.165) is 0 Å². The second-order valence-electron chi connectivity index (χ2n) is 6.15. The molecule has 0 bridgehead atoms. The van der Waals surface area contributed by atoms with Crippen LogP contribution in [0.2, 0.25) is 0 Å². The van der Waals surface area contributed by atoms with Crippen molar-refractivity contribution < 1.29 is 14.7 Å². The fourth-order valence-electron chi connectivity index (χ4n) is 2.73. The quantitative estimate of drug-likeness (QED) is 0.657. The molecule has 0 aromatic rings. The Kier molecular flexibility index (Phi) is 3.61. The van der Waals surface area contributed by atoms with E-state index in [9.17, 15) is 14.7 Å². The van der Waals surface area contributed by atoms with E-state index in [-0.39, 0.29) is 29.3 Å². The zero-order valence-corrected chi connectivity index (χ0v) is 11.0. The standard InChI is InChI=1S/C13H22N2O3/c1-13(2)7-14-12(18)10(13)15-11(17)8-3-5-9(16)6-4-8/h8-10,16H,3-7H2,1-2H3,(H,14,18)(H,15,17). The van der Waals surface area contributed by atoms with Crippen molar-refractivity contribution in [2.24, 2.45) is 11.3 Å². The molecule has 5 nitrogen and oxygen atoms in total. The summed E-state index contributed by atoms with van der Waals surface area (Å²) in [5, 5.41) is 15.1. The number of hydrogen-bond donors (Lipinski definition) is 3. The molecule has 0 radical (unpaired) electrons. The van der Waals surface area contributed by atoms with Crippen LogP contribution in [-0.4, -0.2) is 35.6 Å². The molecule has 0 aromatic carbocycles. The van der Waals surface area contributed by atoms with Crippen LogP contribution in [0.5, 0.6) is 0 Å². The van der Waals surface area contributed by atoms with Gasteiger partial charge in [-0.1, -0.05) is 13.8 Å². The van der Waals surface area contributed by atoms with Gasteiger partial charge in [0.2, 0.25) is 11.8 Å². The van der Waals surface area contributed by atoms with Crippen molar-refractivity contribution in [1.82, 2.24) is 10.6 Å². The number of amides is 2. The second-order valence-corrected chi connectivity index (χ2v) is 6.15. The van der Waals surface area contributed by atoms with E-state index in [1.54, 1.807) is 0 Å². The third-order valence-corrected chi connectivity index (χ3v) is 4.12. The molecule has 2 amide bonds. The summed E-state index contributed by atoms with van der Waals surface area (Å²) in [4.78, 5) is 23.8. The molecule has 1 saturated heterocycles. The van der Waals surface area contributed by atoms with Crippen molar-refractivity contribution in [3.8, 4) is 0 Å². The molecule has 1 aliphatic carbocycles. The summed E-state index contributed by atoms with van der Waals surface area (Å²) in [6.07, 6.45) is 2.51. The molecule has 2 rings (SSSR count). The van der Waals surface area contributed by atoms with Crippen LogP contribution >= 0.6 is 0 Å². The fourth-order valence-corrected chi connectivity index (χ4v) is 2.73. The van der Waals surface area contributed by atoms with E-state index in [0.29, 0.717) is 32.2 Å². The molecule has 102 valence electrons. The first kappa shape index (κ1) is 13.3. The Hall–Kier alpha value is -1.10. The Morgan fingerprint density at radius 2 is 1.94 bits per heavy atom. The van der Waals surface area contributed by atoms with Gasteiger partial charge in [-0.15, -0.1) is 0 Å². The molecule has 18 heavy (non-hydrogen) atoms. The SMILES string of the molecule is CC1(C)CNC(=O)C1NC(=O)C1CCC(O)CC1. The largest absolute Gasteiger partial charge is 0.393 e. The minimum absolute atomic E-state index is 0.0444. The molecule has 2 aliphatic rings. The van der Waals surface area contributed by atoms with Crippen LogP contribution in [0, 0.1) is 11.3 Å². The Morgan fingerprint density at radius 3 is 2.44 bits per heavy atom. The highest BCUT2D eigenvalue weighted by atomic mass is 16.3. The smallest absolute Gasteiger partial charge is 0.243 e. The molecular weight excluding hydrogens is 232 g/mol. The first-order valence-electron chi connectivity index (χ1n) is 6.66. The van der Waals surface area contributed by atoms with Gasteiger partial charge in [-0.05, 0) is 25.7 Å². The van der Waals surface area contributed by atoms with Gasteiger partial charge in [-0.25, -0.2) is 0 Å². The lowest BCUT2D eigenvalue weighted by atomic mass is 9.84. The van der Waals surface area contributed by atoms with Crippen molar-refractivity contribution in [2.75, 3.05) is 6.54 Å². The maximum Gasteiger partial charge on any atom is 0.243 e. The van der Waals surface area contributed by atoms with Crippen LogP contribution in [0.4, 0.5) is 0 Å². The van der Waals surface area contributed by atoms with E-state index in [1.807, 2.05) is 13.8 Å². The molecule has 3 N–H and O–H groups in total. The maximum absolute atomic E-state index is 12.1. The number of hydrogen-bond acceptors (Lipinski definition) is 3. The minimum Gasteiger partial charge on any atom is -0.393 e. The van der Waals surface area contributed by atoms with Crippen LogP contribution in [-0.2, 0) is 9.59 Å². The molecular formula is C13H22N2O3. The van der Waals surface area contributed by atoms with Gasteiger partial charge >= 0.3 is 0 Å². The number of aliphatic hydroxyl groups is 1. The van der Waals surface area contributed by atoms with Crippen LogP contribution in [0.15, 0.2) is 0 Å². The summed E-state index contributed by atoms with van der Waals surface area (Å²) >= 11 is 0. The van der Waals surface area contributed by atoms with Gasteiger partial charge in [0.1, 0.15) is 6.04 Å². The highest BCUT2D eigenvalue weighted by Gasteiger charge is 2.43. The Labute approximate surface area is 107 Å². The summed E-state index contributed by atoms with van der Waals surface area (Å²) in [6.45, 7) is 4.54. The van der Waals surface area contributed by atoms with Crippen LogP contribution in [0.25, 0.3) is 0 Å². The van der Waals surface area contributed by atoms with Gasteiger partial charge in [-0.3, -0.25) is 9.59 Å². The summed E-state index contributed by atoms with van der Waals surface area (Å²) in [7, 11) is 0. The summed E-state index contributed by atoms with van der Waals surface area (Å²) in [6, 6.07) is -0.433. The lowest BCUT2D eigenvalue weighted by Crippen LogP contribution is -2.49. The number of carbonyl (C=O) groups is 2. The van der Waals surface area contributed by atoms with E-state index >= 15 is 0 Å². The average Bonchev–Trinajstić information content (AvgIpc) is 2.57. The summed E-state index contributed by atoms with van der Waals surface area (Å²) in [5.74, 6) is -0.196. The molecule has 1 unspecified atom stereocenters. The zero-order chi connectivity index (χ0) is 13.3. The number of carbonyl (C=O) groups excluding carboxylic acids is 2. The Morgan fingerprint density at radius 1 is 1.33 bits per heavy atom. The van der Waals surface area contributed by atoms with Crippen molar-refractivity contribution >= 4 is 11.8 Å². The molecule has 5 heteroatoms. The Balaban J connectivity index is 1.93. The van der Waals surface area contributed by atoms with E-state index in [4.69, 9.17) is 0 Å². The van der Waals surface area contributed by atoms with Crippen molar-refractivity contribution in [3.63, 3.8) is 0 Å². The predicted molar refractivity (Wildman–Crippen MR) is 66.7 cm³/mol. The lowest BCUT2D eigenvalue weighted by Gasteiger charge is -2.29. The van der Waals surface area contributed by atoms with Crippen molar-refractivity contribution in [2.45, 2.75) is 51.7 Å². The highest BCUT2D eigenvalue weighted by molar-refractivity contribution is 5.90. The molecule has 0 spiro atoms. The van der Waals surface area contributed by atoms with Gasteiger partial charge < -0.3 is 15.7 Å². The average molecular weight is 254 g/mol. The van der Waals surface area contributed by atoms with Gasteiger partial charge in [0, 0.05) is 17.9 Å². The summed E-state index contributed by atoms with van der Waals surface area (Å²) < 4.78 is 0. The van der Waals surface area contributed by atoms with Crippen LogP contribution < -0.4 is 10.6 Å². The maximum atomic E-state index is 12.1. The van der Waals surface area contributed by atoms with E-state index in [1.165, 1.54) is 0 Å². The second kappa shape index (κ2) is 4.88. The van der Waals surface area contributed by atoms with Gasteiger partial charge in [-0.2, -0.15) is 0 Å². The van der Waals surface area contributed by atoms with Crippen molar-refractivity contribution in [1.29, 1.82) is 0 Å². The molecule has 1 aliphatic heterocycles. The first-order valence-corrected chi connectivity index (χ1v) is 6.66. The number of nitrogens with one attached hydrogen (secondary N) is 2. The predicted octanol–water partition coefficient (Wildman–Crippen LogP) is 0.178.